The minimum absolute atomic E-state index is 0.0168. The summed E-state index contributed by atoms with van der Waals surface area (Å²) in [5, 5.41) is 4.16. The molecule has 6 heteroatoms. The van der Waals surface area contributed by atoms with E-state index in [2.05, 4.69) is 45.3 Å². The molecule has 3 aromatic rings. The molecule has 27 heavy (non-hydrogen) atoms. The molecular formula is C21H22N2O2S2. The zero-order valence-corrected chi connectivity index (χ0v) is 16.5. The Kier molecular flexibility index (Phi) is 5.41. The van der Waals surface area contributed by atoms with E-state index < -0.39 is 10.0 Å². The van der Waals surface area contributed by atoms with Crippen molar-refractivity contribution >= 4 is 21.4 Å². The summed E-state index contributed by atoms with van der Waals surface area (Å²) < 4.78 is 28.1. The molecular weight excluding hydrogens is 376 g/mol. The second kappa shape index (κ2) is 7.94. The molecule has 0 aliphatic carbocycles. The van der Waals surface area contributed by atoms with Crippen LogP contribution in [0, 0.1) is 0 Å². The maximum atomic E-state index is 12.7. The van der Waals surface area contributed by atoms with Gasteiger partial charge in [0.25, 0.3) is 0 Å². The lowest BCUT2D eigenvalue weighted by Gasteiger charge is -2.35. The summed E-state index contributed by atoms with van der Waals surface area (Å²) in [4.78, 5) is 2.68. The summed E-state index contributed by atoms with van der Waals surface area (Å²) in [6.07, 6.45) is 0.988. The first-order chi connectivity index (χ1) is 13.1. The van der Waals surface area contributed by atoms with Crippen molar-refractivity contribution in [2.24, 2.45) is 0 Å². The number of nitrogens with one attached hydrogen (secondary N) is 1. The molecule has 1 aliphatic heterocycles. The predicted octanol–water partition coefficient (Wildman–Crippen LogP) is 3.83. The molecule has 0 amide bonds. The van der Waals surface area contributed by atoms with Crippen molar-refractivity contribution in [3.05, 3.63) is 88.1 Å². The van der Waals surface area contributed by atoms with Gasteiger partial charge < -0.3 is 0 Å². The lowest BCUT2D eigenvalue weighted by atomic mass is 9.97. The van der Waals surface area contributed by atoms with E-state index in [-0.39, 0.29) is 6.04 Å². The molecule has 0 saturated carbocycles. The molecule has 1 aromatic heterocycles. The van der Waals surface area contributed by atoms with Gasteiger partial charge in [0.15, 0.2) is 0 Å². The first-order valence-corrected chi connectivity index (χ1v) is 11.4. The SMILES string of the molecule is O=S(=O)(NC[C@H](c1ccsc1)N1CCc2ccccc2C1)c1ccccc1. The van der Waals surface area contributed by atoms with Crippen LogP contribution in [-0.2, 0) is 23.0 Å². The van der Waals surface area contributed by atoms with Crippen LogP contribution in [0.15, 0.2) is 76.3 Å². The molecule has 0 saturated heterocycles. The first-order valence-electron chi connectivity index (χ1n) is 9.01. The third-order valence-electron chi connectivity index (χ3n) is 5.05. The lowest BCUT2D eigenvalue weighted by molar-refractivity contribution is 0.181. The van der Waals surface area contributed by atoms with E-state index in [0.717, 1.165) is 25.1 Å². The molecule has 4 nitrogen and oxygen atoms in total. The summed E-state index contributed by atoms with van der Waals surface area (Å²) in [6, 6.07) is 19.2. The van der Waals surface area contributed by atoms with Gasteiger partial charge in [-0.2, -0.15) is 11.3 Å². The van der Waals surface area contributed by atoms with Crippen LogP contribution in [0.1, 0.15) is 22.7 Å². The maximum Gasteiger partial charge on any atom is 0.240 e. The Bertz CT molecular complexity index is 986. The normalized spacial score (nSPS) is 16.0. The van der Waals surface area contributed by atoms with Crippen LogP contribution in [0.2, 0.25) is 0 Å². The van der Waals surface area contributed by atoms with E-state index in [9.17, 15) is 8.42 Å². The van der Waals surface area contributed by atoms with Gasteiger partial charge in [0.05, 0.1) is 4.90 Å². The first kappa shape index (κ1) is 18.4. The van der Waals surface area contributed by atoms with E-state index in [4.69, 9.17) is 0 Å². The molecule has 0 spiro atoms. The van der Waals surface area contributed by atoms with Gasteiger partial charge in [-0.1, -0.05) is 42.5 Å². The topological polar surface area (TPSA) is 49.4 Å². The van der Waals surface area contributed by atoms with E-state index >= 15 is 0 Å². The summed E-state index contributed by atoms with van der Waals surface area (Å²) in [5.74, 6) is 0. The van der Waals surface area contributed by atoms with Crippen molar-refractivity contribution in [3.63, 3.8) is 0 Å². The zero-order valence-electron chi connectivity index (χ0n) is 14.9. The Hall–Kier alpha value is -1.99. The minimum Gasteiger partial charge on any atom is -0.290 e. The summed E-state index contributed by atoms with van der Waals surface area (Å²) in [7, 11) is -3.52. The standard InChI is InChI=1S/C21H22N2O2S2/c24-27(25,20-8-2-1-3-9-20)22-14-21(19-11-13-26-16-19)23-12-10-17-6-4-5-7-18(17)15-23/h1-9,11,13,16,21-22H,10,12,14-15H2/t21-/m1/s1. The third kappa shape index (κ3) is 4.14. The monoisotopic (exact) mass is 398 g/mol. The smallest absolute Gasteiger partial charge is 0.240 e. The van der Waals surface area contributed by atoms with E-state index in [0.29, 0.717) is 11.4 Å². The quantitative estimate of drug-likeness (QED) is 0.687. The second-order valence-electron chi connectivity index (χ2n) is 6.73. The van der Waals surface area contributed by atoms with Gasteiger partial charge in [-0.15, -0.1) is 0 Å². The van der Waals surface area contributed by atoms with Crippen molar-refractivity contribution in [2.75, 3.05) is 13.1 Å². The summed E-state index contributed by atoms with van der Waals surface area (Å²) >= 11 is 1.64. The van der Waals surface area contributed by atoms with Gasteiger partial charge >= 0.3 is 0 Å². The minimum atomic E-state index is -3.52. The number of thiophene rings is 1. The van der Waals surface area contributed by atoms with Crippen LogP contribution < -0.4 is 4.72 Å². The van der Waals surface area contributed by atoms with Crippen LogP contribution in [0.3, 0.4) is 0 Å². The van der Waals surface area contributed by atoms with Gasteiger partial charge in [-0.05, 0) is 52.1 Å². The van der Waals surface area contributed by atoms with Crippen molar-refractivity contribution in [1.82, 2.24) is 9.62 Å². The molecule has 1 N–H and O–H groups in total. The molecule has 4 rings (SSSR count). The lowest BCUT2D eigenvalue weighted by Crippen LogP contribution is -2.40. The average molecular weight is 399 g/mol. The number of fused-ring (bicyclic) bond motifs is 1. The van der Waals surface area contributed by atoms with Gasteiger partial charge in [-0.25, -0.2) is 13.1 Å². The van der Waals surface area contributed by atoms with Gasteiger partial charge in [0.2, 0.25) is 10.0 Å². The van der Waals surface area contributed by atoms with Crippen LogP contribution in [0.4, 0.5) is 0 Å². The molecule has 2 heterocycles. The number of sulfonamides is 1. The van der Waals surface area contributed by atoms with Crippen LogP contribution in [-0.4, -0.2) is 26.4 Å². The third-order valence-corrected chi connectivity index (χ3v) is 7.19. The second-order valence-corrected chi connectivity index (χ2v) is 9.27. The molecule has 2 aromatic carbocycles. The zero-order chi connectivity index (χ0) is 18.7. The highest BCUT2D eigenvalue weighted by molar-refractivity contribution is 7.89. The van der Waals surface area contributed by atoms with Crippen LogP contribution in [0.5, 0.6) is 0 Å². The number of hydrogen-bond acceptors (Lipinski definition) is 4. The number of benzene rings is 2. The molecule has 0 bridgehead atoms. The number of hydrogen-bond donors (Lipinski definition) is 1. The van der Waals surface area contributed by atoms with Crippen molar-refractivity contribution in [3.8, 4) is 0 Å². The summed E-state index contributed by atoms with van der Waals surface area (Å²) in [6.45, 7) is 2.12. The van der Waals surface area contributed by atoms with E-state index in [1.165, 1.54) is 11.1 Å². The van der Waals surface area contributed by atoms with Crippen molar-refractivity contribution < 1.29 is 8.42 Å². The predicted molar refractivity (Wildman–Crippen MR) is 109 cm³/mol. The highest BCUT2D eigenvalue weighted by atomic mass is 32.2. The molecule has 1 aliphatic rings. The fourth-order valence-corrected chi connectivity index (χ4v) is 5.34. The van der Waals surface area contributed by atoms with Gasteiger partial charge in [0, 0.05) is 25.7 Å². The Balaban J connectivity index is 1.55. The molecule has 0 fully saturated rings. The fraction of sp³-hybridized carbons (Fsp3) is 0.238. The highest BCUT2D eigenvalue weighted by Crippen LogP contribution is 2.29. The van der Waals surface area contributed by atoms with Crippen LogP contribution in [0.25, 0.3) is 0 Å². The number of rotatable bonds is 6. The number of nitrogens with zero attached hydrogens (tertiary/aromatic N) is 1. The average Bonchev–Trinajstić information content (AvgIpc) is 3.23. The Morgan fingerprint density at radius 3 is 2.48 bits per heavy atom. The molecule has 0 radical (unpaired) electrons. The molecule has 1 atom stereocenters. The molecule has 140 valence electrons. The Morgan fingerprint density at radius 1 is 1.00 bits per heavy atom. The van der Waals surface area contributed by atoms with Crippen molar-refractivity contribution in [2.45, 2.75) is 23.9 Å². The van der Waals surface area contributed by atoms with E-state index in [1.54, 1.807) is 35.6 Å². The van der Waals surface area contributed by atoms with Gasteiger partial charge in [-0.3, -0.25) is 4.90 Å². The Morgan fingerprint density at radius 2 is 1.74 bits per heavy atom. The van der Waals surface area contributed by atoms with Gasteiger partial charge in [0.1, 0.15) is 0 Å². The fourth-order valence-electron chi connectivity index (χ4n) is 3.58. The largest absolute Gasteiger partial charge is 0.290 e. The highest BCUT2D eigenvalue weighted by Gasteiger charge is 2.26. The summed E-state index contributed by atoms with van der Waals surface area (Å²) in [5.41, 5.74) is 3.88. The molecule has 0 unspecified atom stereocenters. The maximum absolute atomic E-state index is 12.7. The Labute approximate surface area is 164 Å². The van der Waals surface area contributed by atoms with Crippen molar-refractivity contribution in [1.29, 1.82) is 0 Å². The van der Waals surface area contributed by atoms with E-state index in [1.807, 2.05) is 11.4 Å². The van der Waals surface area contributed by atoms with Crippen LogP contribution >= 0.6 is 11.3 Å².